The second kappa shape index (κ2) is 6.56. The van der Waals surface area contributed by atoms with E-state index >= 15 is 0 Å². The van der Waals surface area contributed by atoms with Crippen LogP contribution < -0.4 is 5.73 Å². The average molecular weight is 338 g/mol. The van der Waals surface area contributed by atoms with Gasteiger partial charge in [-0.3, -0.25) is 4.90 Å². The lowest BCUT2D eigenvalue weighted by Crippen LogP contribution is -2.49. The minimum absolute atomic E-state index is 0.357. The maximum atomic E-state index is 6.04. The molecule has 20 heavy (non-hydrogen) atoms. The molecule has 2 fully saturated rings. The number of rotatable bonds is 5. The van der Waals surface area contributed by atoms with E-state index in [2.05, 4.69) is 50.0 Å². The number of hydrogen-bond acceptors (Lipinski definition) is 3. The lowest BCUT2D eigenvalue weighted by Gasteiger charge is -2.39. The Labute approximate surface area is 130 Å². The molecule has 1 aliphatic heterocycles. The van der Waals surface area contributed by atoms with E-state index in [-0.39, 0.29) is 0 Å². The largest absolute Gasteiger partial charge is 0.329 e. The van der Waals surface area contributed by atoms with E-state index in [4.69, 9.17) is 5.73 Å². The number of hydrogen-bond donors (Lipinski definition) is 1. The molecular formula is C16H24BrN3. The Morgan fingerprint density at radius 3 is 2.55 bits per heavy atom. The van der Waals surface area contributed by atoms with Crippen molar-refractivity contribution in [2.75, 3.05) is 39.3 Å². The molecule has 3 nitrogen and oxygen atoms in total. The summed E-state index contributed by atoms with van der Waals surface area (Å²) in [5, 5.41) is 0. The molecule has 0 spiro atoms. The number of nitrogens with zero attached hydrogens (tertiary/aromatic N) is 2. The van der Waals surface area contributed by atoms with Crippen molar-refractivity contribution in [3.8, 4) is 0 Å². The molecule has 1 aromatic carbocycles. The van der Waals surface area contributed by atoms with Crippen LogP contribution in [-0.2, 0) is 0 Å². The average Bonchev–Trinajstić information content (AvgIpc) is 3.26. The van der Waals surface area contributed by atoms with Gasteiger partial charge in [-0.2, -0.15) is 0 Å². The smallest absolute Gasteiger partial charge is 0.0471 e. The molecule has 110 valence electrons. The van der Waals surface area contributed by atoms with Gasteiger partial charge in [0.1, 0.15) is 0 Å². The lowest BCUT2D eigenvalue weighted by atomic mass is 10.0. The molecule has 1 aromatic rings. The van der Waals surface area contributed by atoms with E-state index in [0.717, 1.165) is 23.5 Å². The van der Waals surface area contributed by atoms with Gasteiger partial charge in [-0.1, -0.05) is 28.1 Å². The molecule has 1 aliphatic carbocycles. The fourth-order valence-corrected chi connectivity index (χ4v) is 3.55. The molecule has 2 aliphatic rings. The highest BCUT2D eigenvalue weighted by Crippen LogP contribution is 2.30. The maximum Gasteiger partial charge on any atom is 0.0471 e. The zero-order chi connectivity index (χ0) is 13.9. The van der Waals surface area contributed by atoms with Crippen molar-refractivity contribution in [2.24, 2.45) is 11.7 Å². The van der Waals surface area contributed by atoms with Crippen LogP contribution in [0.4, 0.5) is 0 Å². The molecule has 1 atom stereocenters. The van der Waals surface area contributed by atoms with Gasteiger partial charge < -0.3 is 10.6 Å². The van der Waals surface area contributed by atoms with Crippen LogP contribution in [-0.4, -0.2) is 49.1 Å². The standard InChI is InChI=1S/C16H24BrN3/c17-15-3-1-2-14(10-15)16(11-18)20-8-6-19(7-9-20)12-13-4-5-13/h1-3,10,13,16H,4-9,11-12,18H2. The predicted octanol–water partition coefficient (Wildman–Crippen LogP) is 2.48. The first-order chi connectivity index (χ1) is 9.76. The van der Waals surface area contributed by atoms with Crippen molar-refractivity contribution in [3.05, 3.63) is 34.3 Å². The van der Waals surface area contributed by atoms with Crippen LogP contribution in [0.2, 0.25) is 0 Å². The quantitative estimate of drug-likeness (QED) is 0.895. The third-order valence-electron chi connectivity index (χ3n) is 4.52. The fourth-order valence-electron chi connectivity index (χ4n) is 3.13. The van der Waals surface area contributed by atoms with Crippen LogP contribution in [0.5, 0.6) is 0 Å². The van der Waals surface area contributed by atoms with Crippen LogP contribution in [0.3, 0.4) is 0 Å². The lowest BCUT2D eigenvalue weighted by molar-refractivity contribution is 0.0955. The van der Waals surface area contributed by atoms with E-state index in [1.165, 1.54) is 38.0 Å². The van der Waals surface area contributed by atoms with Crippen LogP contribution in [0.15, 0.2) is 28.7 Å². The van der Waals surface area contributed by atoms with Crippen molar-refractivity contribution >= 4 is 15.9 Å². The van der Waals surface area contributed by atoms with E-state index in [1.807, 2.05) is 0 Å². The van der Waals surface area contributed by atoms with Gasteiger partial charge in [0.15, 0.2) is 0 Å². The molecule has 0 aromatic heterocycles. The highest BCUT2D eigenvalue weighted by Gasteiger charge is 2.28. The van der Waals surface area contributed by atoms with Gasteiger partial charge in [0, 0.05) is 49.8 Å². The van der Waals surface area contributed by atoms with Crippen LogP contribution in [0, 0.1) is 5.92 Å². The molecule has 1 saturated carbocycles. The summed E-state index contributed by atoms with van der Waals surface area (Å²) in [4.78, 5) is 5.17. The molecule has 2 N–H and O–H groups in total. The Balaban J connectivity index is 1.59. The van der Waals surface area contributed by atoms with Gasteiger partial charge in [-0.05, 0) is 36.5 Å². The summed E-state index contributed by atoms with van der Waals surface area (Å²) < 4.78 is 1.14. The summed E-state index contributed by atoms with van der Waals surface area (Å²) in [5.74, 6) is 0.997. The Morgan fingerprint density at radius 2 is 1.95 bits per heavy atom. The summed E-state index contributed by atoms with van der Waals surface area (Å²) in [6, 6.07) is 8.93. The van der Waals surface area contributed by atoms with Gasteiger partial charge in [-0.25, -0.2) is 0 Å². The van der Waals surface area contributed by atoms with E-state index in [0.29, 0.717) is 12.6 Å². The molecule has 1 heterocycles. The molecule has 0 radical (unpaired) electrons. The van der Waals surface area contributed by atoms with Crippen molar-refractivity contribution in [3.63, 3.8) is 0 Å². The number of piperazine rings is 1. The van der Waals surface area contributed by atoms with Gasteiger partial charge in [0.05, 0.1) is 0 Å². The second-order valence-corrected chi connectivity index (χ2v) is 7.00. The maximum absolute atomic E-state index is 6.04. The van der Waals surface area contributed by atoms with Crippen molar-refractivity contribution in [1.29, 1.82) is 0 Å². The number of nitrogens with two attached hydrogens (primary N) is 1. The van der Waals surface area contributed by atoms with E-state index in [9.17, 15) is 0 Å². The Bertz CT molecular complexity index is 439. The summed E-state index contributed by atoms with van der Waals surface area (Å²) in [7, 11) is 0. The zero-order valence-electron chi connectivity index (χ0n) is 12.0. The van der Waals surface area contributed by atoms with Gasteiger partial charge in [0.2, 0.25) is 0 Å². The highest BCUT2D eigenvalue weighted by atomic mass is 79.9. The normalized spacial score (nSPS) is 22.9. The first-order valence-corrected chi connectivity index (χ1v) is 8.47. The van der Waals surface area contributed by atoms with Crippen LogP contribution in [0.25, 0.3) is 0 Å². The minimum Gasteiger partial charge on any atom is -0.329 e. The molecule has 1 unspecified atom stereocenters. The minimum atomic E-state index is 0.357. The summed E-state index contributed by atoms with van der Waals surface area (Å²) in [6.07, 6.45) is 2.90. The number of benzene rings is 1. The molecule has 0 amide bonds. The topological polar surface area (TPSA) is 32.5 Å². The Kier molecular flexibility index (Phi) is 4.76. The van der Waals surface area contributed by atoms with E-state index < -0.39 is 0 Å². The third kappa shape index (κ3) is 3.61. The summed E-state index contributed by atoms with van der Waals surface area (Å²) in [5.41, 5.74) is 7.37. The van der Waals surface area contributed by atoms with Gasteiger partial charge in [-0.15, -0.1) is 0 Å². The monoisotopic (exact) mass is 337 g/mol. The van der Waals surface area contributed by atoms with Crippen molar-refractivity contribution in [1.82, 2.24) is 9.80 Å². The highest BCUT2D eigenvalue weighted by molar-refractivity contribution is 9.10. The van der Waals surface area contributed by atoms with Gasteiger partial charge in [0.25, 0.3) is 0 Å². The Morgan fingerprint density at radius 1 is 1.20 bits per heavy atom. The van der Waals surface area contributed by atoms with Crippen LogP contribution in [0.1, 0.15) is 24.4 Å². The SMILES string of the molecule is NCC(c1cccc(Br)c1)N1CCN(CC2CC2)CC1. The third-order valence-corrected chi connectivity index (χ3v) is 5.01. The Hall–Kier alpha value is -0.420. The molecule has 4 heteroatoms. The first kappa shape index (κ1) is 14.5. The van der Waals surface area contributed by atoms with Crippen molar-refractivity contribution < 1.29 is 0 Å². The number of halogens is 1. The second-order valence-electron chi connectivity index (χ2n) is 6.09. The van der Waals surface area contributed by atoms with Gasteiger partial charge >= 0.3 is 0 Å². The molecule has 0 bridgehead atoms. The molecular weight excluding hydrogens is 314 g/mol. The predicted molar refractivity (Wildman–Crippen MR) is 86.7 cm³/mol. The fraction of sp³-hybridized carbons (Fsp3) is 0.625. The van der Waals surface area contributed by atoms with Crippen molar-refractivity contribution in [2.45, 2.75) is 18.9 Å². The molecule has 1 saturated heterocycles. The summed E-state index contributed by atoms with van der Waals surface area (Å²) in [6.45, 7) is 6.68. The zero-order valence-corrected chi connectivity index (χ0v) is 13.6. The van der Waals surface area contributed by atoms with Crippen LogP contribution >= 0.6 is 15.9 Å². The first-order valence-electron chi connectivity index (χ1n) is 7.68. The van der Waals surface area contributed by atoms with E-state index in [1.54, 1.807) is 0 Å². The summed E-state index contributed by atoms with van der Waals surface area (Å²) >= 11 is 3.56. The molecule has 3 rings (SSSR count).